The standard InChI is InChI=1S/C14H22N2/c1-2-14(8-9-14)11-16-10-13(15)12-6-4-3-5-7-12/h3-7,13,16H,2,8-11,15H2,1H3. The van der Waals surface area contributed by atoms with Gasteiger partial charge in [-0.1, -0.05) is 37.3 Å². The molecule has 16 heavy (non-hydrogen) atoms. The Morgan fingerprint density at radius 3 is 2.56 bits per heavy atom. The van der Waals surface area contributed by atoms with E-state index in [-0.39, 0.29) is 6.04 Å². The number of nitrogens with one attached hydrogen (secondary N) is 1. The summed E-state index contributed by atoms with van der Waals surface area (Å²) >= 11 is 0. The zero-order valence-corrected chi connectivity index (χ0v) is 10.1. The Balaban J connectivity index is 1.74. The Morgan fingerprint density at radius 2 is 2.00 bits per heavy atom. The molecule has 0 bridgehead atoms. The van der Waals surface area contributed by atoms with Crippen molar-refractivity contribution in [1.82, 2.24) is 5.32 Å². The van der Waals surface area contributed by atoms with E-state index in [1.165, 1.54) is 24.8 Å². The first kappa shape index (κ1) is 11.6. The SMILES string of the molecule is CCC1(CNCC(N)c2ccccc2)CC1. The molecule has 0 aromatic heterocycles. The normalized spacial score (nSPS) is 19.4. The van der Waals surface area contributed by atoms with E-state index >= 15 is 0 Å². The van der Waals surface area contributed by atoms with E-state index in [2.05, 4.69) is 24.4 Å². The van der Waals surface area contributed by atoms with Gasteiger partial charge in [0.25, 0.3) is 0 Å². The maximum absolute atomic E-state index is 6.12. The third-order valence-electron chi connectivity index (χ3n) is 3.80. The van der Waals surface area contributed by atoms with Crippen LogP contribution in [0.15, 0.2) is 30.3 Å². The lowest BCUT2D eigenvalue weighted by Gasteiger charge is -2.17. The van der Waals surface area contributed by atoms with E-state index in [9.17, 15) is 0 Å². The summed E-state index contributed by atoms with van der Waals surface area (Å²) in [6.07, 6.45) is 4.06. The summed E-state index contributed by atoms with van der Waals surface area (Å²) < 4.78 is 0. The number of hydrogen-bond donors (Lipinski definition) is 2. The molecule has 0 radical (unpaired) electrons. The average molecular weight is 218 g/mol. The summed E-state index contributed by atoms with van der Waals surface area (Å²) in [4.78, 5) is 0. The molecule has 0 spiro atoms. The fourth-order valence-electron chi connectivity index (χ4n) is 2.14. The number of hydrogen-bond acceptors (Lipinski definition) is 2. The third kappa shape index (κ3) is 2.83. The van der Waals surface area contributed by atoms with E-state index in [0.717, 1.165) is 13.1 Å². The smallest absolute Gasteiger partial charge is 0.0421 e. The van der Waals surface area contributed by atoms with Crippen molar-refractivity contribution < 1.29 is 0 Å². The summed E-state index contributed by atoms with van der Waals surface area (Å²) in [7, 11) is 0. The lowest BCUT2D eigenvalue weighted by Crippen LogP contribution is -2.31. The van der Waals surface area contributed by atoms with E-state index in [0.29, 0.717) is 5.41 Å². The van der Waals surface area contributed by atoms with Crippen LogP contribution in [0.2, 0.25) is 0 Å². The minimum atomic E-state index is 0.119. The predicted molar refractivity (Wildman–Crippen MR) is 68.2 cm³/mol. The van der Waals surface area contributed by atoms with Gasteiger partial charge in [0.15, 0.2) is 0 Å². The molecule has 1 fully saturated rings. The van der Waals surface area contributed by atoms with Crippen LogP contribution in [0.3, 0.4) is 0 Å². The van der Waals surface area contributed by atoms with Gasteiger partial charge in [-0.05, 0) is 30.2 Å². The molecule has 0 saturated heterocycles. The van der Waals surface area contributed by atoms with Crippen LogP contribution in [0.1, 0.15) is 37.8 Å². The Morgan fingerprint density at radius 1 is 1.31 bits per heavy atom. The van der Waals surface area contributed by atoms with E-state index in [1.54, 1.807) is 0 Å². The molecule has 1 aliphatic rings. The molecule has 0 heterocycles. The van der Waals surface area contributed by atoms with Crippen molar-refractivity contribution in [3.05, 3.63) is 35.9 Å². The molecule has 2 nitrogen and oxygen atoms in total. The molecule has 1 saturated carbocycles. The number of benzene rings is 1. The first-order chi connectivity index (χ1) is 7.76. The van der Waals surface area contributed by atoms with Crippen molar-refractivity contribution in [1.29, 1.82) is 0 Å². The van der Waals surface area contributed by atoms with Crippen LogP contribution in [0.25, 0.3) is 0 Å². The van der Waals surface area contributed by atoms with Crippen LogP contribution in [0.5, 0.6) is 0 Å². The Hall–Kier alpha value is -0.860. The first-order valence-electron chi connectivity index (χ1n) is 6.27. The number of nitrogens with two attached hydrogens (primary N) is 1. The lowest BCUT2D eigenvalue weighted by atomic mass is 10.0. The van der Waals surface area contributed by atoms with Crippen molar-refractivity contribution in [3.63, 3.8) is 0 Å². The zero-order chi connectivity index (χ0) is 11.4. The van der Waals surface area contributed by atoms with Gasteiger partial charge in [-0.25, -0.2) is 0 Å². The average Bonchev–Trinajstić information content (AvgIpc) is 3.11. The van der Waals surface area contributed by atoms with Gasteiger partial charge in [-0.15, -0.1) is 0 Å². The Kier molecular flexibility index (Phi) is 3.62. The maximum atomic E-state index is 6.12. The van der Waals surface area contributed by atoms with Gasteiger partial charge in [0.2, 0.25) is 0 Å². The quantitative estimate of drug-likeness (QED) is 0.769. The largest absolute Gasteiger partial charge is 0.323 e. The Bertz CT molecular complexity index is 317. The molecule has 1 atom stereocenters. The summed E-state index contributed by atoms with van der Waals surface area (Å²) in [5.74, 6) is 0. The minimum absolute atomic E-state index is 0.119. The van der Waals surface area contributed by atoms with Crippen molar-refractivity contribution in [2.75, 3.05) is 13.1 Å². The fourth-order valence-corrected chi connectivity index (χ4v) is 2.14. The van der Waals surface area contributed by atoms with E-state index in [4.69, 9.17) is 5.73 Å². The van der Waals surface area contributed by atoms with Crippen LogP contribution in [0.4, 0.5) is 0 Å². The predicted octanol–water partition coefficient (Wildman–Crippen LogP) is 2.47. The highest BCUT2D eigenvalue weighted by molar-refractivity contribution is 5.18. The topological polar surface area (TPSA) is 38.0 Å². The summed E-state index contributed by atoms with van der Waals surface area (Å²) in [5, 5.41) is 3.51. The molecule has 1 aliphatic carbocycles. The molecule has 1 aromatic carbocycles. The second-order valence-corrected chi connectivity index (χ2v) is 5.00. The molecule has 2 rings (SSSR count). The monoisotopic (exact) mass is 218 g/mol. The number of rotatable bonds is 6. The maximum Gasteiger partial charge on any atom is 0.0421 e. The molecule has 3 N–H and O–H groups in total. The van der Waals surface area contributed by atoms with Crippen molar-refractivity contribution in [2.45, 2.75) is 32.2 Å². The molecule has 88 valence electrons. The van der Waals surface area contributed by atoms with Crippen LogP contribution >= 0.6 is 0 Å². The van der Waals surface area contributed by atoms with Crippen molar-refractivity contribution in [2.24, 2.45) is 11.1 Å². The second kappa shape index (κ2) is 4.98. The van der Waals surface area contributed by atoms with Gasteiger partial charge >= 0.3 is 0 Å². The summed E-state index contributed by atoms with van der Waals surface area (Å²) in [5.41, 5.74) is 7.95. The molecule has 0 aliphatic heterocycles. The highest BCUT2D eigenvalue weighted by atomic mass is 14.9. The zero-order valence-electron chi connectivity index (χ0n) is 10.1. The molecule has 1 unspecified atom stereocenters. The fraction of sp³-hybridized carbons (Fsp3) is 0.571. The highest BCUT2D eigenvalue weighted by Crippen LogP contribution is 2.47. The van der Waals surface area contributed by atoms with Crippen LogP contribution < -0.4 is 11.1 Å². The van der Waals surface area contributed by atoms with Crippen LogP contribution in [0, 0.1) is 5.41 Å². The van der Waals surface area contributed by atoms with Gasteiger partial charge in [-0.3, -0.25) is 0 Å². The first-order valence-corrected chi connectivity index (χ1v) is 6.27. The molecule has 0 amide bonds. The van der Waals surface area contributed by atoms with Gasteiger partial charge in [0, 0.05) is 19.1 Å². The van der Waals surface area contributed by atoms with E-state index < -0.39 is 0 Å². The van der Waals surface area contributed by atoms with Crippen molar-refractivity contribution >= 4 is 0 Å². The van der Waals surface area contributed by atoms with E-state index in [1.807, 2.05) is 18.2 Å². The molecule has 1 aromatic rings. The summed E-state index contributed by atoms with van der Waals surface area (Å²) in [6, 6.07) is 10.4. The van der Waals surface area contributed by atoms with Gasteiger partial charge in [0.1, 0.15) is 0 Å². The highest BCUT2D eigenvalue weighted by Gasteiger charge is 2.39. The van der Waals surface area contributed by atoms with Gasteiger partial charge in [0.05, 0.1) is 0 Å². The van der Waals surface area contributed by atoms with Crippen LogP contribution in [-0.4, -0.2) is 13.1 Å². The van der Waals surface area contributed by atoms with Crippen LogP contribution in [-0.2, 0) is 0 Å². The molecule has 2 heteroatoms. The minimum Gasteiger partial charge on any atom is -0.323 e. The second-order valence-electron chi connectivity index (χ2n) is 5.00. The third-order valence-corrected chi connectivity index (χ3v) is 3.80. The van der Waals surface area contributed by atoms with Gasteiger partial charge in [-0.2, -0.15) is 0 Å². The molecular formula is C14H22N2. The lowest BCUT2D eigenvalue weighted by molar-refractivity contribution is 0.433. The molecular weight excluding hydrogens is 196 g/mol. The van der Waals surface area contributed by atoms with Gasteiger partial charge < -0.3 is 11.1 Å². The van der Waals surface area contributed by atoms with Crippen molar-refractivity contribution in [3.8, 4) is 0 Å². The summed E-state index contributed by atoms with van der Waals surface area (Å²) in [6.45, 7) is 4.29. The Labute approximate surface area is 98.2 Å².